The summed E-state index contributed by atoms with van der Waals surface area (Å²) in [7, 11) is -4.73. The number of nitrogens with one attached hydrogen (secondary N) is 1. The van der Waals surface area contributed by atoms with Crippen molar-refractivity contribution < 1.29 is 46.3 Å². The Morgan fingerprint density at radius 3 is 2.62 bits per heavy atom. The first-order chi connectivity index (χ1) is 19.8. The predicted molar refractivity (Wildman–Crippen MR) is 139 cm³/mol. The lowest BCUT2D eigenvalue weighted by molar-refractivity contribution is -0.102. The molecule has 6 rings (SSSR count). The Hall–Kier alpha value is -3.88. The Labute approximate surface area is 235 Å². The van der Waals surface area contributed by atoms with Gasteiger partial charge in [0.05, 0.1) is 23.1 Å². The van der Waals surface area contributed by atoms with E-state index >= 15 is 4.39 Å². The number of hydrogen-bond acceptors (Lipinski definition) is 8. The van der Waals surface area contributed by atoms with E-state index in [-0.39, 0.29) is 22.7 Å². The summed E-state index contributed by atoms with van der Waals surface area (Å²) in [5, 5.41) is 2.88. The third kappa shape index (κ3) is 5.03. The number of nitrogens with zero attached hydrogens (tertiary/aromatic N) is 4. The molecule has 2 aromatic carbocycles. The maximum absolute atomic E-state index is 15.4. The smallest absolute Gasteiger partial charge is 0.434 e. The second-order valence-electron chi connectivity index (χ2n) is 10.2. The molecule has 2 aromatic heterocycles. The standard InChI is InChI=1S/C26H23F3N5O7P/c1-26(2,39-11-40-42(36,37)38)24-30-9-12(10-31-24)14-6-18-16(7-15(14)27)32-22-17-8-19(34(18)22)21-13(23(35)33-17)4-3-5-20(21)41-25(28)29/h3-7,9-10,17,19,25H,8,11H2,1-2H3,(H,33,35)(H2,36,37,38)/t17-,19-/m1/s1. The van der Waals surface area contributed by atoms with Crippen molar-refractivity contribution in [3.63, 3.8) is 0 Å². The molecular weight excluding hydrogens is 582 g/mol. The SMILES string of the molecule is CC(C)(OCOP(=O)(O)O)c1ncc(-c2cc3c(cc2F)nc2n3[C@@H]3C[C@H]2NC(=O)c2cccc(OC(F)F)c23)cn1. The van der Waals surface area contributed by atoms with Crippen LogP contribution in [0.15, 0.2) is 42.7 Å². The third-order valence-electron chi connectivity index (χ3n) is 7.20. The first-order valence-electron chi connectivity index (χ1n) is 12.6. The number of imidazole rings is 1. The second kappa shape index (κ2) is 10.1. The van der Waals surface area contributed by atoms with Crippen LogP contribution in [0.2, 0.25) is 0 Å². The number of amides is 1. The van der Waals surface area contributed by atoms with Crippen LogP contribution >= 0.6 is 7.82 Å². The van der Waals surface area contributed by atoms with Gasteiger partial charge in [-0.15, -0.1) is 0 Å². The van der Waals surface area contributed by atoms with Crippen LogP contribution in [0.25, 0.3) is 22.2 Å². The zero-order valence-corrected chi connectivity index (χ0v) is 22.9. The molecule has 2 aliphatic heterocycles. The average Bonchev–Trinajstić information content (AvgIpc) is 3.38. The minimum absolute atomic E-state index is 0.125. The number of benzene rings is 2. The lowest BCUT2D eigenvalue weighted by atomic mass is 9.97. The fourth-order valence-corrected chi connectivity index (χ4v) is 5.53. The van der Waals surface area contributed by atoms with Crippen molar-refractivity contribution >= 4 is 24.8 Å². The first kappa shape index (κ1) is 28.2. The molecule has 0 spiro atoms. The molecule has 4 heterocycles. The van der Waals surface area contributed by atoms with Gasteiger partial charge >= 0.3 is 14.4 Å². The molecule has 42 heavy (non-hydrogen) atoms. The summed E-state index contributed by atoms with van der Waals surface area (Å²) < 4.78 is 69.1. The van der Waals surface area contributed by atoms with E-state index in [0.717, 1.165) is 0 Å². The quantitative estimate of drug-likeness (QED) is 0.195. The number of carbonyl (C=O) groups is 1. The molecule has 3 N–H and O–H groups in total. The van der Waals surface area contributed by atoms with Crippen LogP contribution in [0.4, 0.5) is 13.2 Å². The fourth-order valence-electron chi connectivity index (χ4n) is 5.34. The Morgan fingerprint density at radius 1 is 1.19 bits per heavy atom. The fraction of sp³-hybridized carbons (Fsp3) is 0.308. The molecule has 0 unspecified atom stereocenters. The van der Waals surface area contributed by atoms with Crippen LogP contribution in [0.1, 0.15) is 59.9 Å². The van der Waals surface area contributed by atoms with Crippen LogP contribution in [-0.2, 0) is 19.4 Å². The number of fused-ring (bicyclic) bond motifs is 9. The van der Waals surface area contributed by atoms with E-state index in [1.807, 2.05) is 0 Å². The topological polar surface area (TPSA) is 158 Å². The van der Waals surface area contributed by atoms with Gasteiger partial charge in [-0.05, 0) is 38.5 Å². The van der Waals surface area contributed by atoms with Gasteiger partial charge in [-0.25, -0.2) is 23.9 Å². The zero-order chi connectivity index (χ0) is 30.0. The van der Waals surface area contributed by atoms with Gasteiger partial charge in [0.15, 0.2) is 12.6 Å². The molecular formula is C26H23F3N5O7P. The first-order valence-corrected chi connectivity index (χ1v) is 14.1. The lowest BCUT2D eigenvalue weighted by Gasteiger charge is -2.23. The number of rotatable bonds is 8. The van der Waals surface area contributed by atoms with E-state index in [4.69, 9.17) is 19.3 Å². The number of carbonyl (C=O) groups excluding carboxylic acids is 1. The number of alkyl halides is 2. The van der Waals surface area contributed by atoms with E-state index in [1.165, 1.54) is 36.7 Å². The molecule has 1 amide bonds. The number of ether oxygens (including phenoxy) is 2. The van der Waals surface area contributed by atoms with Gasteiger partial charge in [0.1, 0.15) is 23.0 Å². The maximum Gasteiger partial charge on any atom is 0.471 e. The highest BCUT2D eigenvalue weighted by Crippen LogP contribution is 2.48. The van der Waals surface area contributed by atoms with Gasteiger partial charge in [0.25, 0.3) is 5.91 Å². The number of phosphoric ester groups is 1. The summed E-state index contributed by atoms with van der Waals surface area (Å²) in [5.74, 6) is -0.577. The minimum Gasteiger partial charge on any atom is -0.434 e. The number of halogens is 3. The summed E-state index contributed by atoms with van der Waals surface area (Å²) in [6.45, 7) is -0.681. The predicted octanol–water partition coefficient (Wildman–Crippen LogP) is 4.33. The van der Waals surface area contributed by atoms with Gasteiger partial charge < -0.3 is 29.1 Å². The summed E-state index contributed by atoms with van der Waals surface area (Å²) in [5.41, 5.74) is 0.558. The van der Waals surface area contributed by atoms with Gasteiger partial charge in [-0.1, -0.05) is 6.07 Å². The van der Waals surface area contributed by atoms with Crippen LogP contribution in [-0.4, -0.2) is 48.6 Å². The van der Waals surface area contributed by atoms with Crippen molar-refractivity contribution in [2.45, 2.75) is 44.6 Å². The molecule has 12 nitrogen and oxygen atoms in total. The highest BCUT2D eigenvalue weighted by Gasteiger charge is 2.42. The number of hydrogen-bond donors (Lipinski definition) is 3. The summed E-state index contributed by atoms with van der Waals surface area (Å²) in [6, 6.07) is 6.06. The normalized spacial score (nSPS) is 18.1. The summed E-state index contributed by atoms with van der Waals surface area (Å²) in [6.07, 6.45) is 3.08. The van der Waals surface area contributed by atoms with E-state index in [1.54, 1.807) is 24.5 Å². The molecule has 0 aliphatic carbocycles. The van der Waals surface area contributed by atoms with E-state index in [2.05, 4.69) is 24.8 Å². The van der Waals surface area contributed by atoms with Crippen LogP contribution in [0.5, 0.6) is 5.75 Å². The zero-order valence-electron chi connectivity index (χ0n) is 22.0. The lowest BCUT2D eigenvalue weighted by Crippen LogP contribution is -2.28. The molecule has 2 atom stereocenters. The van der Waals surface area contributed by atoms with Crippen molar-refractivity contribution in [3.8, 4) is 16.9 Å². The Balaban J connectivity index is 1.39. The van der Waals surface area contributed by atoms with Gasteiger partial charge in [-0.2, -0.15) is 8.78 Å². The van der Waals surface area contributed by atoms with E-state index in [9.17, 15) is 18.1 Å². The van der Waals surface area contributed by atoms with E-state index in [0.29, 0.717) is 34.4 Å². The molecule has 0 saturated carbocycles. The van der Waals surface area contributed by atoms with Crippen molar-refractivity contribution in [3.05, 3.63) is 71.3 Å². The largest absolute Gasteiger partial charge is 0.471 e. The van der Waals surface area contributed by atoms with Crippen LogP contribution < -0.4 is 10.1 Å². The molecule has 4 aromatic rings. The summed E-state index contributed by atoms with van der Waals surface area (Å²) in [4.78, 5) is 43.7. The van der Waals surface area contributed by atoms with Crippen molar-refractivity contribution in [1.29, 1.82) is 0 Å². The Kier molecular flexibility index (Phi) is 6.82. The molecule has 2 bridgehead atoms. The van der Waals surface area contributed by atoms with Crippen molar-refractivity contribution in [1.82, 2.24) is 24.8 Å². The monoisotopic (exact) mass is 605 g/mol. The number of aromatic nitrogens is 4. The molecule has 0 saturated heterocycles. The molecule has 0 fully saturated rings. The number of phosphoric acid groups is 1. The summed E-state index contributed by atoms with van der Waals surface area (Å²) >= 11 is 0. The third-order valence-corrected chi connectivity index (χ3v) is 7.64. The van der Waals surface area contributed by atoms with Crippen molar-refractivity contribution in [2.24, 2.45) is 0 Å². The second-order valence-corrected chi connectivity index (χ2v) is 11.5. The van der Waals surface area contributed by atoms with Gasteiger partial charge in [0, 0.05) is 40.7 Å². The molecule has 2 aliphatic rings. The average molecular weight is 605 g/mol. The van der Waals surface area contributed by atoms with Crippen molar-refractivity contribution in [2.75, 3.05) is 6.79 Å². The van der Waals surface area contributed by atoms with Gasteiger partial charge in [0.2, 0.25) is 0 Å². The van der Waals surface area contributed by atoms with Crippen LogP contribution in [0.3, 0.4) is 0 Å². The highest BCUT2D eigenvalue weighted by molar-refractivity contribution is 7.46. The molecule has 16 heteroatoms. The Bertz CT molecular complexity index is 1760. The van der Waals surface area contributed by atoms with E-state index < -0.39 is 50.6 Å². The molecule has 220 valence electrons. The molecule has 0 radical (unpaired) electrons. The minimum atomic E-state index is -4.73. The Morgan fingerprint density at radius 2 is 1.93 bits per heavy atom. The maximum atomic E-state index is 15.4. The van der Waals surface area contributed by atoms with Gasteiger partial charge in [-0.3, -0.25) is 9.32 Å². The van der Waals surface area contributed by atoms with Crippen LogP contribution in [0, 0.1) is 5.82 Å². The highest BCUT2D eigenvalue weighted by atomic mass is 31.2.